The molecule has 0 fully saturated rings. The van der Waals surface area contributed by atoms with Crippen LogP contribution >= 0.6 is 11.6 Å². The van der Waals surface area contributed by atoms with Gasteiger partial charge < -0.3 is 10.3 Å². The van der Waals surface area contributed by atoms with Crippen LogP contribution in [0.4, 0.5) is 9.18 Å². The molecule has 0 aliphatic rings. The van der Waals surface area contributed by atoms with E-state index in [4.69, 9.17) is 16.8 Å². The Balaban J connectivity index is 3.18. The van der Waals surface area contributed by atoms with Crippen molar-refractivity contribution in [3.63, 3.8) is 0 Å². The van der Waals surface area contributed by atoms with Crippen molar-refractivity contribution in [3.05, 3.63) is 35.4 Å². The van der Waals surface area contributed by atoms with Gasteiger partial charge in [-0.15, -0.1) is 0 Å². The van der Waals surface area contributed by atoms with Crippen LogP contribution in [0.25, 0.3) is 0 Å². The second-order valence-electron chi connectivity index (χ2n) is 5.51. The summed E-state index contributed by atoms with van der Waals surface area (Å²) in [4.78, 5) is 12.5. The van der Waals surface area contributed by atoms with E-state index in [1.54, 1.807) is 45.0 Å². The van der Waals surface area contributed by atoms with Crippen LogP contribution in [0.1, 0.15) is 37.9 Å². The number of carboxylic acid groups (broad SMARTS) is 1. The quantitative estimate of drug-likeness (QED) is 0.503. The Morgan fingerprint density at radius 3 is 2.24 bits per heavy atom. The molecule has 5 nitrogen and oxygen atoms in total. The third kappa shape index (κ3) is 4.07. The van der Waals surface area contributed by atoms with Crippen LogP contribution in [-0.4, -0.2) is 38.7 Å². The fourth-order valence-corrected chi connectivity index (χ4v) is 2.22. The summed E-state index contributed by atoms with van der Waals surface area (Å²) in [6.45, 7) is 4.26. The number of hydrogen-bond donors (Lipinski definition) is 2. The Bertz CT molecular complexity index is 526. The summed E-state index contributed by atoms with van der Waals surface area (Å²) in [6, 6.07) is 5.30. The SMILES string of the molecule is CC(C)(C)N(C(=O)O)C(CF)c1ccc(/C(Cl)=N\O)cc1. The number of halogens is 2. The molecule has 7 heteroatoms. The molecule has 1 atom stereocenters. The van der Waals surface area contributed by atoms with E-state index in [0.29, 0.717) is 11.1 Å². The highest BCUT2D eigenvalue weighted by molar-refractivity contribution is 6.69. The van der Waals surface area contributed by atoms with Crippen LogP contribution in [0.3, 0.4) is 0 Å². The molecule has 0 saturated carbocycles. The second-order valence-corrected chi connectivity index (χ2v) is 5.86. The molecule has 0 aliphatic heterocycles. The van der Waals surface area contributed by atoms with Gasteiger partial charge in [-0.25, -0.2) is 9.18 Å². The van der Waals surface area contributed by atoms with Crippen molar-refractivity contribution in [2.45, 2.75) is 32.4 Å². The van der Waals surface area contributed by atoms with Gasteiger partial charge in [-0.3, -0.25) is 4.90 Å². The molecular weight excluding hydrogens is 299 g/mol. The molecule has 0 aliphatic carbocycles. The summed E-state index contributed by atoms with van der Waals surface area (Å²) in [7, 11) is 0. The molecule has 1 aromatic rings. The molecule has 0 spiro atoms. The van der Waals surface area contributed by atoms with E-state index < -0.39 is 24.3 Å². The number of alkyl halides is 1. The number of benzene rings is 1. The second kappa shape index (κ2) is 6.76. The normalized spacial score (nSPS) is 13.9. The maximum atomic E-state index is 13.4. The summed E-state index contributed by atoms with van der Waals surface area (Å²) in [5, 5.41) is 20.7. The molecule has 116 valence electrons. The van der Waals surface area contributed by atoms with Crippen molar-refractivity contribution in [3.8, 4) is 0 Å². The lowest BCUT2D eigenvalue weighted by atomic mass is 9.98. The van der Waals surface area contributed by atoms with Crippen molar-refractivity contribution in [1.29, 1.82) is 0 Å². The van der Waals surface area contributed by atoms with Crippen molar-refractivity contribution in [2.24, 2.45) is 5.16 Å². The summed E-state index contributed by atoms with van der Waals surface area (Å²) in [6.07, 6.45) is -1.19. The number of amides is 1. The van der Waals surface area contributed by atoms with Gasteiger partial charge in [0.25, 0.3) is 0 Å². The molecule has 0 radical (unpaired) electrons. The number of carbonyl (C=O) groups is 1. The van der Waals surface area contributed by atoms with Crippen LogP contribution in [0, 0.1) is 0 Å². The van der Waals surface area contributed by atoms with Gasteiger partial charge in [-0.1, -0.05) is 41.0 Å². The Morgan fingerprint density at radius 1 is 1.38 bits per heavy atom. The van der Waals surface area contributed by atoms with E-state index in [2.05, 4.69) is 5.16 Å². The standard InChI is InChI=1S/C14H18ClFN2O3/c1-14(2,3)18(13(19)20)11(8-16)9-4-6-10(7-5-9)12(15)17-21/h4-7,11,21H,8H2,1-3H3,(H,19,20)/b17-12+. The van der Waals surface area contributed by atoms with Gasteiger partial charge in [0.2, 0.25) is 0 Å². The smallest absolute Gasteiger partial charge is 0.408 e. The van der Waals surface area contributed by atoms with Crippen molar-refractivity contribution in [1.82, 2.24) is 4.90 Å². The molecule has 1 rings (SSSR count). The molecule has 0 aromatic heterocycles. The molecule has 1 amide bonds. The topological polar surface area (TPSA) is 73.1 Å². The minimum atomic E-state index is -1.19. The maximum absolute atomic E-state index is 13.4. The Morgan fingerprint density at radius 2 is 1.90 bits per heavy atom. The number of rotatable bonds is 4. The summed E-state index contributed by atoms with van der Waals surface area (Å²) >= 11 is 5.66. The van der Waals surface area contributed by atoms with E-state index in [-0.39, 0.29) is 5.17 Å². The van der Waals surface area contributed by atoms with Gasteiger partial charge >= 0.3 is 6.09 Å². The van der Waals surface area contributed by atoms with E-state index in [0.717, 1.165) is 4.90 Å². The molecule has 0 saturated heterocycles. The predicted octanol–water partition coefficient (Wildman–Crippen LogP) is 3.85. The molecule has 1 unspecified atom stereocenters. The summed E-state index contributed by atoms with van der Waals surface area (Å²) in [5.74, 6) is 0. The fourth-order valence-electron chi connectivity index (χ4n) is 2.10. The number of oxime groups is 1. The van der Waals surface area contributed by atoms with E-state index in [9.17, 15) is 14.3 Å². The van der Waals surface area contributed by atoms with Gasteiger partial charge in [0.05, 0.1) is 6.04 Å². The third-order valence-electron chi connectivity index (χ3n) is 3.01. The molecular formula is C14H18ClFN2O3. The van der Waals surface area contributed by atoms with Gasteiger partial charge in [0, 0.05) is 11.1 Å². The van der Waals surface area contributed by atoms with Crippen LogP contribution < -0.4 is 0 Å². The van der Waals surface area contributed by atoms with Crippen molar-refractivity contribution >= 4 is 22.9 Å². The van der Waals surface area contributed by atoms with Crippen LogP contribution in [0.2, 0.25) is 0 Å². The highest BCUT2D eigenvalue weighted by atomic mass is 35.5. The van der Waals surface area contributed by atoms with E-state index in [1.165, 1.54) is 0 Å². The molecule has 21 heavy (non-hydrogen) atoms. The summed E-state index contributed by atoms with van der Waals surface area (Å²) in [5.41, 5.74) is 0.213. The highest BCUT2D eigenvalue weighted by Gasteiger charge is 2.34. The zero-order valence-electron chi connectivity index (χ0n) is 12.0. The van der Waals surface area contributed by atoms with Gasteiger partial charge in [-0.2, -0.15) is 0 Å². The molecule has 0 heterocycles. The average Bonchev–Trinajstić information content (AvgIpc) is 2.42. The highest BCUT2D eigenvalue weighted by Crippen LogP contribution is 2.29. The van der Waals surface area contributed by atoms with E-state index in [1.807, 2.05) is 0 Å². The minimum absolute atomic E-state index is 0.0933. The first kappa shape index (κ1) is 17.2. The first-order chi connectivity index (χ1) is 9.72. The zero-order valence-corrected chi connectivity index (χ0v) is 12.8. The average molecular weight is 317 g/mol. The lowest BCUT2D eigenvalue weighted by Crippen LogP contribution is -2.47. The molecule has 0 bridgehead atoms. The maximum Gasteiger partial charge on any atom is 0.408 e. The van der Waals surface area contributed by atoms with Gasteiger partial charge in [0.15, 0.2) is 5.17 Å². The summed E-state index contributed by atoms with van der Waals surface area (Å²) < 4.78 is 13.4. The lowest BCUT2D eigenvalue weighted by molar-refractivity contribution is 0.0603. The predicted molar refractivity (Wildman–Crippen MR) is 79.0 cm³/mol. The van der Waals surface area contributed by atoms with Gasteiger partial charge in [-0.05, 0) is 26.3 Å². The Labute approximate surface area is 127 Å². The van der Waals surface area contributed by atoms with Gasteiger partial charge in [0.1, 0.15) is 6.67 Å². The van der Waals surface area contributed by atoms with Crippen LogP contribution in [0.5, 0.6) is 0 Å². The molecule has 2 N–H and O–H groups in total. The first-order valence-electron chi connectivity index (χ1n) is 6.28. The van der Waals surface area contributed by atoms with Crippen molar-refractivity contribution in [2.75, 3.05) is 6.67 Å². The number of hydrogen-bond acceptors (Lipinski definition) is 3. The lowest BCUT2D eigenvalue weighted by Gasteiger charge is -2.38. The van der Waals surface area contributed by atoms with Crippen LogP contribution in [-0.2, 0) is 0 Å². The Kier molecular flexibility index (Phi) is 5.54. The minimum Gasteiger partial charge on any atom is -0.465 e. The third-order valence-corrected chi connectivity index (χ3v) is 3.30. The first-order valence-corrected chi connectivity index (χ1v) is 6.66. The molecule has 1 aromatic carbocycles. The van der Waals surface area contributed by atoms with Crippen LogP contribution in [0.15, 0.2) is 29.4 Å². The number of nitrogens with zero attached hydrogens (tertiary/aromatic N) is 2. The fraction of sp³-hybridized carbons (Fsp3) is 0.429. The monoisotopic (exact) mass is 316 g/mol. The Hall–Kier alpha value is -1.82. The largest absolute Gasteiger partial charge is 0.465 e. The zero-order chi connectivity index (χ0) is 16.2. The van der Waals surface area contributed by atoms with E-state index >= 15 is 0 Å². The van der Waals surface area contributed by atoms with Crippen molar-refractivity contribution < 1.29 is 19.5 Å².